The fraction of sp³-hybridized carbons (Fsp3) is 0.381. The van der Waals surface area contributed by atoms with E-state index in [0.29, 0.717) is 29.8 Å². The van der Waals surface area contributed by atoms with Crippen molar-refractivity contribution in [3.63, 3.8) is 0 Å². The van der Waals surface area contributed by atoms with Crippen molar-refractivity contribution in [3.8, 4) is 0 Å². The van der Waals surface area contributed by atoms with Crippen LogP contribution in [-0.4, -0.2) is 30.9 Å². The van der Waals surface area contributed by atoms with Crippen LogP contribution in [0.4, 0.5) is 11.4 Å². The first-order valence-electron chi connectivity index (χ1n) is 9.47. The van der Waals surface area contributed by atoms with E-state index < -0.39 is 10.0 Å². The van der Waals surface area contributed by atoms with Gasteiger partial charge >= 0.3 is 0 Å². The van der Waals surface area contributed by atoms with Crippen LogP contribution in [0.15, 0.2) is 47.4 Å². The molecule has 0 fully saturated rings. The third-order valence-corrected chi connectivity index (χ3v) is 6.84. The molecule has 2 N–H and O–H groups in total. The molecule has 0 heterocycles. The maximum absolute atomic E-state index is 13.0. The molecule has 2 aromatic rings. The monoisotopic (exact) mass is 419 g/mol. The summed E-state index contributed by atoms with van der Waals surface area (Å²) >= 11 is 5.41. The predicted octanol–water partition coefficient (Wildman–Crippen LogP) is 4.96. The molecule has 0 amide bonds. The van der Waals surface area contributed by atoms with Crippen LogP contribution in [0.25, 0.3) is 0 Å². The molecule has 0 saturated carbocycles. The first kappa shape index (κ1) is 22.3. The number of aryl methyl sites for hydroxylation is 1. The second kappa shape index (κ2) is 9.49. The van der Waals surface area contributed by atoms with Crippen LogP contribution in [-0.2, 0) is 10.0 Å². The number of nitrogens with one attached hydrogen (secondary N) is 2. The molecular formula is C21H29N3O2S2. The minimum atomic E-state index is -3.60. The number of anilines is 2. The minimum absolute atomic E-state index is 0.232. The lowest BCUT2D eigenvalue weighted by Gasteiger charge is -2.21. The summed E-state index contributed by atoms with van der Waals surface area (Å²) in [7, 11) is -3.60. The third kappa shape index (κ3) is 5.31. The zero-order valence-corrected chi connectivity index (χ0v) is 18.7. The van der Waals surface area contributed by atoms with Crippen molar-refractivity contribution in [2.45, 2.75) is 45.4 Å². The molecule has 0 atom stereocenters. The van der Waals surface area contributed by atoms with E-state index in [2.05, 4.69) is 36.6 Å². The molecule has 0 aromatic heterocycles. The molecule has 0 unspecified atom stereocenters. The lowest BCUT2D eigenvalue weighted by molar-refractivity contribution is 0.445. The topological polar surface area (TPSA) is 61.4 Å². The molecule has 0 radical (unpaired) electrons. The van der Waals surface area contributed by atoms with Crippen LogP contribution in [0.3, 0.4) is 0 Å². The summed E-state index contributed by atoms with van der Waals surface area (Å²) in [6.07, 6.45) is 0. The van der Waals surface area contributed by atoms with Gasteiger partial charge in [-0.2, -0.15) is 4.31 Å². The summed E-state index contributed by atoms with van der Waals surface area (Å²) in [4.78, 5) is 0.232. The Morgan fingerprint density at radius 1 is 1.04 bits per heavy atom. The summed E-state index contributed by atoms with van der Waals surface area (Å²) < 4.78 is 27.5. The Kier molecular flexibility index (Phi) is 7.57. The molecule has 0 aliphatic rings. The summed E-state index contributed by atoms with van der Waals surface area (Å²) in [5, 5.41) is 6.51. The van der Waals surface area contributed by atoms with Crippen molar-refractivity contribution in [3.05, 3.63) is 53.6 Å². The first-order valence-corrected chi connectivity index (χ1v) is 11.3. The van der Waals surface area contributed by atoms with Crippen molar-refractivity contribution in [2.75, 3.05) is 23.7 Å². The zero-order chi connectivity index (χ0) is 20.9. The van der Waals surface area contributed by atoms with Crippen molar-refractivity contribution in [2.24, 2.45) is 0 Å². The highest BCUT2D eigenvalue weighted by atomic mass is 32.2. The Bertz CT molecular complexity index is 919. The standard InChI is InChI=1S/C21H29N3O2S2/c1-6-24(7-2)28(25,26)20-14-16(5)8-13-19(20)23-21(27)22-18-11-9-17(10-12-18)15(3)4/h8-15H,6-7H2,1-5H3,(H2,22,23,27). The minimum Gasteiger partial charge on any atom is -0.332 e. The average molecular weight is 420 g/mol. The Balaban J connectivity index is 2.25. The summed E-state index contributed by atoms with van der Waals surface area (Å²) in [6, 6.07) is 13.3. The highest BCUT2D eigenvalue weighted by Gasteiger charge is 2.25. The Hall–Kier alpha value is -1.96. The highest BCUT2D eigenvalue weighted by Crippen LogP contribution is 2.26. The molecule has 2 rings (SSSR count). The molecule has 0 aliphatic heterocycles. The van der Waals surface area contributed by atoms with E-state index in [-0.39, 0.29) is 4.90 Å². The first-order chi connectivity index (χ1) is 13.2. The smallest absolute Gasteiger partial charge is 0.245 e. The fourth-order valence-electron chi connectivity index (χ4n) is 2.88. The molecule has 0 saturated heterocycles. The number of benzene rings is 2. The predicted molar refractivity (Wildman–Crippen MR) is 122 cm³/mol. The Labute approximate surface area is 174 Å². The van der Waals surface area contributed by atoms with E-state index in [1.807, 2.05) is 39.0 Å². The van der Waals surface area contributed by atoms with Crippen LogP contribution >= 0.6 is 12.2 Å². The van der Waals surface area contributed by atoms with Crippen molar-refractivity contribution in [1.29, 1.82) is 0 Å². The van der Waals surface area contributed by atoms with Gasteiger partial charge in [0.05, 0.1) is 5.69 Å². The molecule has 7 heteroatoms. The SMILES string of the molecule is CCN(CC)S(=O)(=O)c1cc(C)ccc1NC(=S)Nc1ccc(C(C)C)cc1. The fourth-order valence-corrected chi connectivity index (χ4v) is 4.80. The van der Waals surface area contributed by atoms with Gasteiger partial charge in [-0.25, -0.2) is 8.42 Å². The highest BCUT2D eigenvalue weighted by molar-refractivity contribution is 7.89. The van der Waals surface area contributed by atoms with Gasteiger partial charge in [-0.3, -0.25) is 0 Å². The van der Waals surface area contributed by atoms with Crippen LogP contribution in [0.2, 0.25) is 0 Å². The maximum atomic E-state index is 13.0. The zero-order valence-electron chi connectivity index (χ0n) is 17.1. The van der Waals surface area contributed by atoms with Crippen molar-refractivity contribution < 1.29 is 8.42 Å². The van der Waals surface area contributed by atoms with Crippen molar-refractivity contribution >= 4 is 38.7 Å². The van der Waals surface area contributed by atoms with Gasteiger partial charge < -0.3 is 10.6 Å². The van der Waals surface area contributed by atoms with Gasteiger partial charge in [0, 0.05) is 18.8 Å². The van der Waals surface area contributed by atoms with Gasteiger partial charge in [-0.1, -0.05) is 45.9 Å². The number of nitrogens with zero attached hydrogens (tertiary/aromatic N) is 1. The Morgan fingerprint density at radius 2 is 1.64 bits per heavy atom. The molecule has 0 spiro atoms. The van der Waals surface area contributed by atoms with Crippen LogP contribution in [0.1, 0.15) is 44.7 Å². The normalized spacial score (nSPS) is 11.7. The largest absolute Gasteiger partial charge is 0.332 e. The Morgan fingerprint density at radius 3 is 2.18 bits per heavy atom. The second-order valence-electron chi connectivity index (χ2n) is 6.94. The quantitative estimate of drug-likeness (QED) is 0.621. The van der Waals surface area contributed by atoms with E-state index in [1.165, 1.54) is 9.87 Å². The summed E-state index contributed by atoms with van der Waals surface area (Å²) in [5.41, 5.74) is 3.44. The van der Waals surface area contributed by atoms with Gasteiger partial charge in [0.15, 0.2) is 5.11 Å². The summed E-state index contributed by atoms with van der Waals surface area (Å²) in [6.45, 7) is 10.6. The number of sulfonamides is 1. The molecule has 0 bridgehead atoms. The molecule has 152 valence electrons. The van der Waals surface area contributed by atoms with Gasteiger partial charge in [0.25, 0.3) is 0 Å². The molecular weight excluding hydrogens is 390 g/mol. The number of thiocarbonyl (C=S) groups is 1. The number of rotatable bonds is 7. The van der Waals surface area contributed by atoms with Gasteiger partial charge in [0.1, 0.15) is 4.90 Å². The number of hydrogen-bond donors (Lipinski definition) is 2. The van der Waals surface area contributed by atoms with Crippen LogP contribution < -0.4 is 10.6 Å². The van der Waals surface area contributed by atoms with Crippen LogP contribution in [0.5, 0.6) is 0 Å². The van der Waals surface area contributed by atoms with E-state index in [1.54, 1.807) is 12.1 Å². The molecule has 5 nitrogen and oxygen atoms in total. The molecule has 0 aliphatic carbocycles. The average Bonchev–Trinajstić information content (AvgIpc) is 2.64. The lowest BCUT2D eigenvalue weighted by Crippen LogP contribution is -2.31. The van der Waals surface area contributed by atoms with Crippen LogP contribution in [0, 0.1) is 6.92 Å². The second-order valence-corrected chi connectivity index (χ2v) is 9.26. The van der Waals surface area contributed by atoms with E-state index in [9.17, 15) is 8.42 Å². The maximum Gasteiger partial charge on any atom is 0.245 e. The van der Waals surface area contributed by atoms with Gasteiger partial charge in [-0.05, 0) is 60.5 Å². The molecule has 2 aromatic carbocycles. The number of hydrogen-bond acceptors (Lipinski definition) is 3. The van der Waals surface area contributed by atoms with E-state index in [0.717, 1.165) is 11.3 Å². The lowest BCUT2D eigenvalue weighted by atomic mass is 10.0. The van der Waals surface area contributed by atoms with Gasteiger partial charge in [0.2, 0.25) is 10.0 Å². The van der Waals surface area contributed by atoms with E-state index in [4.69, 9.17) is 12.2 Å². The summed E-state index contributed by atoms with van der Waals surface area (Å²) in [5.74, 6) is 0.458. The molecule has 28 heavy (non-hydrogen) atoms. The van der Waals surface area contributed by atoms with Gasteiger partial charge in [-0.15, -0.1) is 0 Å². The third-order valence-electron chi connectivity index (χ3n) is 4.54. The van der Waals surface area contributed by atoms with Crippen molar-refractivity contribution in [1.82, 2.24) is 4.31 Å². The van der Waals surface area contributed by atoms with E-state index >= 15 is 0 Å².